The highest BCUT2D eigenvalue weighted by atomic mass is 16.4. The summed E-state index contributed by atoms with van der Waals surface area (Å²) >= 11 is 0. The van der Waals surface area contributed by atoms with Gasteiger partial charge in [-0.05, 0) is 6.42 Å². The molecule has 0 aromatic carbocycles. The molecule has 7 nitrogen and oxygen atoms in total. The molecule has 2 aliphatic heterocycles. The number of hydrazine groups is 1. The van der Waals surface area contributed by atoms with E-state index < -0.39 is 29.0 Å². The molecule has 2 aliphatic rings. The molecular weight excluding hydrogens is 228 g/mol. The fourth-order valence-electron chi connectivity index (χ4n) is 1.89. The lowest BCUT2D eigenvalue weighted by Gasteiger charge is -2.29. The molecule has 0 aromatic heterocycles. The van der Waals surface area contributed by atoms with Gasteiger partial charge in [-0.25, -0.2) is 9.59 Å². The van der Waals surface area contributed by atoms with Gasteiger partial charge in [-0.2, -0.15) is 0 Å². The summed E-state index contributed by atoms with van der Waals surface area (Å²) in [4.78, 5) is 33.4. The Hall–Kier alpha value is -2.31. The van der Waals surface area contributed by atoms with E-state index in [1.54, 1.807) is 6.20 Å². The van der Waals surface area contributed by atoms with Gasteiger partial charge in [0.15, 0.2) is 11.5 Å². The zero-order chi connectivity index (χ0) is 12.6. The topological polar surface area (TPSA) is 98.1 Å². The van der Waals surface area contributed by atoms with Crippen LogP contribution in [0.4, 0.5) is 0 Å². The first-order valence-corrected chi connectivity index (χ1v) is 4.97. The second-order valence-electron chi connectivity index (χ2n) is 3.65. The second kappa shape index (κ2) is 3.93. The Morgan fingerprint density at radius 1 is 1.24 bits per heavy atom. The summed E-state index contributed by atoms with van der Waals surface area (Å²) in [5, 5.41) is 20.6. The lowest BCUT2D eigenvalue weighted by Crippen LogP contribution is -2.38. The number of ketones is 1. The van der Waals surface area contributed by atoms with Crippen molar-refractivity contribution in [1.82, 2.24) is 10.0 Å². The number of carboxylic acid groups (broad SMARTS) is 2. The Morgan fingerprint density at radius 3 is 2.41 bits per heavy atom. The minimum absolute atomic E-state index is 0.242. The van der Waals surface area contributed by atoms with E-state index >= 15 is 0 Å². The maximum atomic E-state index is 11.5. The van der Waals surface area contributed by atoms with E-state index in [1.807, 2.05) is 6.08 Å². The van der Waals surface area contributed by atoms with Crippen molar-refractivity contribution in [2.45, 2.75) is 6.42 Å². The molecule has 0 amide bonds. The predicted molar refractivity (Wildman–Crippen MR) is 54.5 cm³/mol. The molecule has 0 fully saturated rings. The summed E-state index contributed by atoms with van der Waals surface area (Å²) in [6.45, 7) is 0.296. The van der Waals surface area contributed by atoms with Gasteiger partial charge < -0.3 is 10.2 Å². The molecular formula is C10H10N2O5. The molecule has 90 valence electrons. The van der Waals surface area contributed by atoms with Gasteiger partial charge in [-0.1, -0.05) is 6.08 Å². The molecule has 0 unspecified atom stereocenters. The average Bonchev–Trinajstić information content (AvgIpc) is 2.82. The molecule has 0 radical (unpaired) electrons. The summed E-state index contributed by atoms with van der Waals surface area (Å²) in [5.74, 6) is -3.60. The van der Waals surface area contributed by atoms with Crippen molar-refractivity contribution in [2.75, 3.05) is 13.1 Å². The molecule has 2 heterocycles. The third-order valence-electron chi connectivity index (χ3n) is 2.60. The van der Waals surface area contributed by atoms with Crippen molar-refractivity contribution >= 4 is 17.7 Å². The maximum Gasteiger partial charge on any atom is 0.355 e. The number of rotatable bonds is 3. The van der Waals surface area contributed by atoms with E-state index in [0.717, 1.165) is 6.42 Å². The van der Waals surface area contributed by atoms with E-state index in [1.165, 1.54) is 10.0 Å². The number of hydrogen-bond acceptors (Lipinski definition) is 5. The van der Waals surface area contributed by atoms with Crippen LogP contribution in [0.3, 0.4) is 0 Å². The third-order valence-corrected chi connectivity index (χ3v) is 2.60. The predicted octanol–water partition coefficient (Wildman–Crippen LogP) is -0.571. The number of Topliss-reactive ketones (excluding diaryl/α,β-unsaturated/α-hetero) is 1. The van der Waals surface area contributed by atoms with E-state index in [2.05, 4.69) is 0 Å². The standard InChI is InChI=1S/C10H10N2O5/c13-6-5-12(11-3-1-2-4-11)8(10(16)17)7(6)9(14)15/h1,3H,2,4-5H2,(H,14,15)(H,16,17). The highest BCUT2D eigenvalue weighted by Crippen LogP contribution is 2.24. The first-order valence-electron chi connectivity index (χ1n) is 4.97. The van der Waals surface area contributed by atoms with Crippen LogP contribution in [0.15, 0.2) is 23.5 Å². The third kappa shape index (κ3) is 1.75. The Kier molecular flexibility index (Phi) is 2.58. The van der Waals surface area contributed by atoms with Crippen LogP contribution in [0.2, 0.25) is 0 Å². The highest BCUT2D eigenvalue weighted by molar-refractivity contribution is 6.23. The summed E-state index contributed by atoms with van der Waals surface area (Å²) in [7, 11) is 0. The van der Waals surface area contributed by atoms with Gasteiger partial charge >= 0.3 is 11.9 Å². The first kappa shape index (κ1) is 11.2. The molecule has 0 aliphatic carbocycles. The van der Waals surface area contributed by atoms with Crippen molar-refractivity contribution in [3.63, 3.8) is 0 Å². The molecule has 0 aromatic rings. The van der Waals surface area contributed by atoms with Crippen LogP contribution in [0.1, 0.15) is 6.42 Å². The lowest BCUT2D eigenvalue weighted by molar-refractivity contribution is -0.138. The van der Waals surface area contributed by atoms with Crippen LogP contribution in [0.5, 0.6) is 0 Å². The molecule has 0 saturated carbocycles. The van der Waals surface area contributed by atoms with Gasteiger partial charge in [0.1, 0.15) is 12.1 Å². The minimum Gasteiger partial charge on any atom is -0.477 e. The minimum atomic E-state index is -1.50. The molecule has 7 heteroatoms. The Bertz CT molecular complexity index is 465. The molecule has 2 rings (SSSR count). The number of carbonyl (C=O) groups is 3. The van der Waals surface area contributed by atoms with Crippen molar-refractivity contribution < 1.29 is 24.6 Å². The number of aliphatic carboxylic acids is 2. The van der Waals surface area contributed by atoms with E-state index in [0.29, 0.717) is 6.54 Å². The summed E-state index contributed by atoms with van der Waals surface area (Å²) < 4.78 is 0. The van der Waals surface area contributed by atoms with Crippen LogP contribution in [-0.2, 0) is 14.4 Å². The molecule has 0 spiro atoms. The van der Waals surface area contributed by atoms with Gasteiger partial charge in [0.2, 0.25) is 0 Å². The van der Waals surface area contributed by atoms with Gasteiger partial charge in [0.05, 0.1) is 0 Å². The monoisotopic (exact) mass is 238 g/mol. The molecule has 2 N–H and O–H groups in total. The number of carbonyl (C=O) groups excluding carboxylic acids is 1. The summed E-state index contributed by atoms with van der Waals surface area (Å²) in [5.41, 5.74) is -1.12. The fourth-order valence-corrected chi connectivity index (χ4v) is 1.89. The second-order valence-corrected chi connectivity index (χ2v) is 3.65. The van der Waals surface area contributed by atoms with Crippen molar-refractivity contribution in [3.8, 4) is 0 Å². The molecule has 0 saturated heterocycles. The smallest absolute Gasteiger partial charge is 0.355 e. The molecule has 0 atom stereocenters. The van der Waals surface area contributed by atoms with E-state index in [-0.39, 0.29) is 6.54 Å². The van der Waals surface area contributed by atoms with E-state index in [4.69, 9.17) is 10.2 Å². The number of carboxylic acids is 2. The number of nitrogens with zero attached hydrogens (tertiary/aromatic N) is 2. The molecule has 0 bridgehead atoms. The lowest BCUT2D eigenvalue weighted by atomic mass is 10.2. The zero-order valence-corrected chi connectivity index (χ0v) is 8.79. The van der Waals surface area contributed by atoms with Crippen LogP contribution in [0.25, 0.3) is 0 Å². The largest absolute Gasteiger partial charge is 0.477 e. The zero-order valence-electron chi connectivity index (χ0n) is 8.79. The summed E-state index contributed by atoms with van der Waals surface area (Å²) in [6.07, 6.45) is 4.20. The Morgan fingerprint density at radius 2 is 1.94 bits per heavy atom. The van der Waals surface area contributed by atoms with Crippen molar-refractivity contribution in [2.24, 2.45) is 0 Å². The van der Waals surface area contributed by atoms with Gasteiger partial charge in [-0.3, -0.25) is 14.8 Å². The van der Waals surface area contributed by atoms with Crippen molar-refractivity contribution in [3.05, 3.63) is 23.5 Å². The van der Waals surface area contributed by atoms with Crippen LogP contribution in [0, 0.1) is 0 Å². The van der Waals surface area contributed by atoms with Gasteiger partial charge in [-0.15, -0.1) is 0 Å². The van der Waals surface area contributed by atoms with Crippen LogP contribution < -0.4 is 0 Å². The average molecular weight is 238 g/mol. The Balaban J connectivity index is 2.42. The maximum absolute atomic E-state index is 11.5. The van der Waals surface area contributed by atoms with Gasteiger partial charge in [0.25, 0.3) is 0 Å². The number of hydrogen-bond donors (Lipinski definition) is 2. The highest BCUT2D eigenvalue weighted by Gasteiger charge is 2.40. The van der Waals surface area contributed by atoms with Crippen LogP contribution >= 0.6 is 0 Å². The van der Waals surface area contributed by atoms with Gasteiger partial charge in [0, 0.05) is 12.7 Å². The van der Waals surface area contributed by atoms with Crippen LogP contribution in [-0.4, -0.2) is 51.0 Å². The first-order chi connectivity index (χ1) is 8.02. The fraction of sp³-hybridized carbons (Fsp3) is 0.300. The Labute approximate surface area is 96.2 Å². The summed E-state index contributed by atoms with van der Waals surface area (Å²) in [6, 6.07) is 0. The van der Waals surface area contributed by atoms with E-state index in [9.17, 15) is 14.4 Å². The molecule has 17 heavy (non-hydrogen) atoms. The SMILES string of the molecule is O=C(O)C1=C(C(=O)O)N(N2C=CCC2)CC1=O. The quantitative estimate of drug-likeness (QED) is 0.635. The normalized spacial score (nSPS) is 19.4. The van der Waals surface area contributed by atoms with Crippen molar-refractivity contribution in [1.29, 1.82) is 0 Å².